The molecule has 0 fully saturated rings. The summed E-state index contributed by atoms with van der Waals surface area (Å²) >= 11 is 9.30. The first kappa shape index (κ1) is 13.4. The second kappa shape index (κ2) is 6.21. The highest BCUT2D eigenvalue weighted by atomic mass is 79.9. The van der Waals surface area contributed by atoms with Crippen molar-refractivity contribution < 1.29 is 4.74 Å². The molecule has 1 heterocycles. The Balaban J connectivity index is 2.15. The minimum atomic E-state index is 0.452. The number of benzene rings is 1. The van der Waals surface area contributed by atoms with Crippen LogP contribution in [0.1, 0.15) is 16.7 Å². The molecule has 18 heavy (non-hydrogen) atoms. The molecule has 0 amide bonds. The van der Waals surface area contributed by atoms with Crippen LogP contribution in [-0.4, -0.2) is 4.98 Å². The standard InChI is InChI=1S/C14H13BrClNO/c1-10-3-2-4-12(6-16)14(10)18-9-11-5-13(15)8-17-7-11/h2-5,7-8H,6,9H2,1H3. The van der Waals surface area contributed by atoms with Crippen molar-refractivity contribution in [2.75, 3.05) is 0 Å². The molecular weight excluding hydrogens is 314 g/mol. The Kier molecular flexibility index (Phi) is 4.61. The van der Waals surface area contributed by atoms with E-state index in [2.05, 4.69) is 20.9 Å². The first-order chi connectivity index (χ1) is 8.70. The van der Waals surface area contributed by atoms with Gasteiger partial charge in [0.2, 0.25) is 0 Å². The quantitative estimate of drug-likeness (QED) is 0.773. The van der Waals surface area contributed by atoms with E-state index in [-0.39, 0.29) is 0 Å². The van der Waals surface area contributed by atoms with Crippen LogP contribution >= 0.6 is 27.5 Å². The molecule has 94 valence electrons. The minimum Gasteiger partial charge on any atom is -0.488 e. The molecule has 0 saturated carbocycles. The number of ether oxygens (including phenoxy) is 1. The van der Waals surface area contributed by atoms with E-state index in [0.717, 1.165) is 26.9 Å². The van der Waals surface area contributed by atoms with Crippen LogP contribution in [0.4, 0.5) is 0 Å². The van der Waals surface area contributed by atoms with Crippen LogP contribution in [0.5, 0.6) is 5.75 Å². The monoisotopic (exact) mass is 325 g/mol. The number of hydrogen-bond acceptors (Lipinski definition) is 2. The third kappa shape index (κ3) is 3.24. The van der Waals surface area contributed by atoms with Gasteiger partial charge >= 0.3 is 0 Å². The number of halogens is 2. The zero-order chi connectivity index (χ0) is 13.0. The number of alkyl halides is 1. The average molecular weight is 327 g/mol. The number of para-hydroxylation sites is 1. The Hall–Kier alpha value is -1.06. The Morgan fingerprint density at radius 3 is 2.89 bits per heavy atom. The Labute approximate surface area is 120 Å². The molecule has 4 heteroatoms. The van der Waals surface area contributed by atoms with Crippen molar-refractivity contribution in [3.8, 4) is 5.75 Å². The predicted molar refractivity (Wildman–Crippen MR) is 77.0 cm³/mol. The summed E-state index contributed by atoms with van der Waals surface area (Å²) in [5.41, 5.74) is 3.13. The van der Waals surface area contributed by atoms with Crippen LogP contribution in [0.2, 0.25) is 0 Å². The molecule has 2 aromatic rings. The van der Waals surface area contributed by atoms with Gasteiger partial charge in [0, 0.05) is 28.0 Å². The van der Waals surface area contributed by atoms with Crippen LogP contribution in [-0.2, 0) is 12.5 Å². The molecular formula is C14H13BrClNO. The molecule has 0 aliphatic carbocycles. The van der Waals surface area contributed by atoms with Gasteiger partial charge in [0.25, 0.3) is 0 Å². The number of rotatable bonds is 4. The van der Waals surface area contributed by atoms with E-state index in [0.29, 0.717) is 12.5 Å². The molecule has 2 nitrogen and oxygen atoms in total. The van der Waals surface area contributed by atoms with Crippen molar-refractivity contribution in [3.05, 3.63) is 57.8 Å². The van der Waals surface area contributed by atoms with Crippen molar-refractivity contribution in [1.29, 1.82) is 0 Å². The highest BCUT2D eigenvalue weighted by Gasteiger charge is 2.06. The Bertz CT molecular complexity index is 545. The van der Waals surface area contributed by atoms with Crippen LogP contribution in [0.3, 0.4) is 0 Å². The smallest absolute Gasteiger partial charge is 0.127 e. The fourth-order valence-corrected chi connectivity index (χ4v) is 2.34. The van der Waals surface area contributed by atoms with Crippen molar-refractivity contribution in [2.45, 2.75) is 19.4 Å². The Morgan fingerprint density at radius 2 is 2.17 bits per heavy atom. The summed E-state index contributed by atoms with van der Waals surface area (Å²) in [5, 5.41) is 0. The topological polar surface area (TPSA) is 22.1 Å². The molecule has 0 unspecified atom stereocenters. The van der Waals surface area contributed by atoms with E-state index in [1.165, 1.54) is 0 Å². The number of aromatic nitrogens is 1. The number of pyridine rings is 1. The van der Waals surface area contributed by atoms with Crippen molar-refractivity contribution in [1.82, 2.24) is 4.98 Å². The van der Waals surface area contributed by atoms with Gasteiger partial charge in [-0.15, -0.1) is 11.6 Å². The maximum atomic E-state index is 5.91. The average Bonchev–Trinajstić information content (AvgIpc) is 2.37. The third-order valence-electron chi connectivity index (χ3n) is 2.58. The van der Waals surface area contributed by atoms with Crippen LogP contribution in [0.25, 0.3) is 0 Å². The third-order valence-corrected chi connectivity index (χ3v) is 3.30. The second-order valence-corrected chi connectivity index (χ2v) is 5.18. The molecule has 2 rings (SSSR count). The van der Waals surface area contributed by atoms with Crippen LogP contribution in [0, 0.1) is 6.92 Å². The summed E-state index contributed by atoms with van der Waals surface area (Å²) in [6.45, 7) is 2.51. The molecule has 0 N–H and O–H groups in total. The fraction of sp³-hybridized carbons (Fsp3) is 0.214. The van der Waals surface area contributed by atoms with Crippen LogP contribution < -0.4 is 4.74 Å². The molecule has 0 aliphatic heterocycles. The van der Waals surface area contributed by atoms with E-state index < -0.39 is 0 Å². The first-order valence-corrected chi connectivity index (χ1v) is 6.90. The SMILES string of the molecule is Cc1cccc(CCl)c1OCc1cncc(Br)c1. The molecule has 0 atom stereocenters. The number of aryl methyl sites for hydroxylation is 1. The highest BCUT2D eigenvalue weighted by Crippen LogP contribution is 2.26. The van der Waals surface area contributed by atoms with Crippen molar-refractivity contribution in [3.63, 3.8) is 0 Å². The summed E-state index contributed by atoms with van der Waals surface area (Å²) in [7, 11) is 0. The van der Waals surface area contributed by atoms with Gasteiger partial charge in [-0.25, -0.2) is 0 Å². The largest absolute Gasteiger partial charge is 0.488 e. The van der Waals surface area contributed by atoms with E-state index in [4.69, 9.17) is 16.3 Å². The summed E-state index contributed by atoms with van der Waals surface area (Å²) < 4.78 is 6.80. The summed E-state index contributed by atoms with van der Waals surface area (Å²) in [6, 6.07) is 7.98. The van der Waals surface area contributed by atoms with E-state index >= 15 is 0 Å². The lowest BCUT2D eigenvalue weighted by Crippen LogP contribution is -2.00. The second-order valence-electron chi connectivity index (χ2n) is 4.00. The zero-order valence-electron chi connectivity index (χ0n) is 9.99. The summed E-state index contributed by atoms with van der Waals surface area (Å²) in [4.78, 5) is 4.11. The summed E-state index contributed by atoms with van der Waals surface area (Å²) in [6.07, 6.45) is 3.55. The van der Waals surface area contributed by atoms with Gasteiger partial charge < -0.3 is 4.74 Å². The van der Waals surface area contributed by atoms with Gasteiger partial charge in [-0.05, 0) is 34.5 Å². The van der Waals surface area contributed by atoms with Crippen molar-refractivity contribution >= 4 is 27.5 Å². The lowest BCUT2D eigenvalue weighted by atomic mass is 10.1. The molecule has 0 radical (unpaired) electrons. The fourth-order valence-electron chi connectivity index (χ4n) is 1.72. The lowest BCUT2D eigenvalue weighted by molar-refractivity contribution is 0.301. The maximum absolute atomic E-state index is 5.91. The summed E-state index contributed by atoms with van der Waals surface area (Å²) in [5.74, 6) is 1.32. The molecule has 0 aliphatic rings. The van der Waals surface area contributed by atoms with E-state index in [9.17, 15) is 0 Å². The van der Waals surface area contributed by atoms with E-state index in [1.807, 2.05) is 31.2 Å². The van der Waals surface area contributed by atoms with Gasteiger partial charge in [-0.1, -0.05) is 18.2 Å². The van der Waals surface area contributed by atoms with Gasteiger partial charge in [0.15, 0.2) is 0 Å². The predicted octanol–water partition coefficient (Wildman–Crippen LogP) is 4.47. The number of hydrogen-bond donors (Lipinski definition) is 0. The molecule has 0 bridgehead atoms. The van der Waals surface area contributed by atoms with Crippen LogP contribution in [0.15, 0.2) is 41.1 Å². The first-order valence-electron chi connectivity index (χ1n) is 5.57. The maximum Gasteiger partial charge on any atom is 0.127 e. The van der Waals surface area contributed by atoms with E-state index in [1.54, 1.807) is 12.4 Å². The van der Waals surface area contributed by atoms with Crippen molar-refractivity contribution in [2.24, 2.45) is 0 Å². The molecule has 1 aromatic carbocycles. The molecule has 0 saturated heterocycles. The van der Waals surface area contributed by atoms with Gasteiger partial charge in [0.05, 0.1) is 5.88 Å². The molecule has 0 spiro atoms. The molecule has 1 aromatic heterocycles. The van der Waals surface area contributed by atoms with Gasteiger partial charge in [-0.2, -0.15) is 0 Å². The van der Waals surface area contributed by atoms with Gasteiger partial charge in [-0.3, -0.25) is 4.98 Å². The minimum absolute atomic E-state index is 0.452. The zero-order valence-corrected chi connectivity index (χ0v) is 12.3. The normalized spacial score (nSPS) is 10.4. The highest BCUT2D eigenvalue weighted by molar-refractivity contribution is 9.10. The Morgan fingerprint density at radius 1 is 1.33 bits per heavy atom. The van der Waals surface area contributed by atoms with Gasteiger partial charge in [0.1, 0.15) is 12.4 Å². The number of nitrogens with zero attached hydrogens (tertiary/aromatic N) is 1. The lowest BCUT2D eigenvalue weighted by Gasteiger charge is -2.12.